The van der Waals surface area contributed by atoms with Crippen LogP contribution in [0.5, 0.6) is 0 Å². The smallest absolute Gasteiger partial charge is 0.0371 e. The molecule has 0 aromatic heterocycles. The van der Waals surface area contributed by atoms with Crippen LogP contribution in [0.3, 0.4) is 0 Å². The van der Waals surface area contributed by atoms with E-state index in [4.69, 9.17) is 0 Å². The Labute approximate surface area is 117 Å². The summed E-state index contributed by atoms with van der Waals surface area (Å²) in [7, 11) is 2.01. The first-order chi connectivity index (χ1) is 9.29. The van der Waals surface area contributed by atoms with Gasteiger partial charge in [-0.3, -0.25) is 0 Å². The molecule has 2 aliphatic rings. The summed E-state index contributed by atoms with van der Waals surface area (Å²) >= 11 is 0. The van der Waals surface area contributed by atoms with Crippen LogP contribution in [0.1, 0.15) is 43.2 Å². The fraction of sp³-hybridized carbons (Fsp3) is 0.647. The topological polar surface area (TPSA) is 15.3 Å². The molecule has 2 unspecified atom stereocenters. The van der Waals surface area contributed by atoms with Gasteiger partial charge in [0.2, 0.25) is 0 Å². The standard InChI is InChI=1S/C17H26N2/c1-13-11-16(9-8-15(13)12-18-2)19-10-4-6-14-5-3-7-17(14)19/h8-9,11,14,17-18H,3-7,10,12H2,1-2H3. The van der Waals surface area contributed by atoms with E-state index in [1.54, 1.807) is 0 Å². The number of hydrogen-bond acceptors (Lipinski definition) is 2. The monoisotopic (exact) mass is 258 g/mol. The highest BCUT2D eigenvalue weighted by Crippen LogP contribution is 2.39. The molecule has 0 radical (unpaired) electrons. The Morgan fingerprint density at radius 3 is 2.84 bits per heavy atom. The lowest BCUT2D eigenvalue weighted by atomic mass is 9.91. The molecule has 19 heavy (non-hydrogen) atoms. The quantitative estimate of drug-likeness (QED) is 0.893. The molecule has 1 aliphatic heterocycles. The van der Waals surface area contributed by atoms with Crippen molar-refractivity contribution < 1.29 is 0 Å². The summed E-state index contributed by atoms with van der Waals surface area (Å²) in [6, 6.07) is 7.86. The minimum absolute atomic E-state index is 0.823. The predicted molar refractivity (Wildman–Crippen MR) is 81.7 cm³/mol. The van der Waals surface area contributed by atoms with E-state index in [0.717, 1.165) is 18.5 Å². The average Bonchev–Trinajstić information content (AvgIpc) is 2.89. The zero-order chi connectivity index (χ0) is 13.2. The Morgan fingerprint density at radius 1 is 1.21 bits per heavy atom. The third-order valence-corrected chi connectivity index (χ3v) is 5.02. The maximum absolute atomic E-state index is 3.25. The molecule has 2 fully saturated rings. The molecule has 2 atom stereocenters. The Kier molecular flexibility index (Phi) is 3.79. The lowest BCUT2D eigenvalue weighted by molar-refractivity contribution is 0.362. The van der Waals surface area contributed by atoms with Crippen LogP contribution in [0, 0.1) is 12.8 Å². The van der Waals surface area contributed by atoms with Gasteiger partial charge >= 0.3 is 0 Å². The number of anilines is 1. The summed E-state index contributed by atoms with van der Waals surface area (Å²) in [6.45, 7) is 4.47. The van der Waals surface area contributed by atoms with Crippen LogP contribution in [0.4, 0.5) is 5.69 Å². The molecule has 1 saturated carbocycles. The van der Waals surface area contributed by atoms with Gasteiger partial charge in [0.1, 0.15) is 0 Å². The third kappa shape index (κ3) is 2.51. The minimum atomic E-state index is 0.823. The number of aryl methyl sites for hydroxylation is 1. The van der Waals surface area contributed by atoms with E-state index >= 15 is 0 Å². The molecule has 1 aromatic rings. The second-order valence-corrected chi connectivity index (χ2v) is 6.24. The van der Waals surface area contributed by atoms with Crippen molar-refractivity contribution in [3.8, 4) is 0 Å². The lowest BCUT2D eigenvalue weighted by Gasteiger charge is -2.39. The number of nitrogens with one attached hydrogen (secondary N) is 1. The fourth-order valence-electron chi connectivity index (χ4n) is 4.02. The third-order valence-electron chi connectivity index (χ3n) is 5.02. The van der Waals surface area contributed by atoms with Gasteiger partial charge in [0.05, 0.1) is 0 Å². The van der Waals surface area contributed by atoms with Crippen LogP contribution in [0.2, 0.25) is 0 Å². The highest BCUT2D eigenvalue weighted by atomic mass is 15.2. The van der Waals surface area contributed by atoms with Crippen molar-refractivity contribution in [3.05, 3.63) is 29.3 Å². The van der Waals surface area contributed by atoms with Crippen LogP contribution in [-0.2, 0) is 6.54 Å². The summed E-state index contributed by atoms with van der Waals surface area (Å²) in [5, 5.41) is 3.25. The first-order valence-corrected chi connectivity index (χ1v) is 7.80. The van der Waals surface area contributed by atoms with Gasteiger partial charge in [-0.15, -0.1) is 0 Å². The highest BCUT2D eigenvalue weighted by molar-refractivity contribution is 5.52. The Hall–Kier alpha value is -1.02. The first kappa shape index (κ1) is 13.0. The average molecular weight is 258 g/mol. The molecule has 3 rings (SSSR count). The first-order valence-electron chi connectivity index (χ1n) is 7.80. The summed E-state index contributed by atoms with van der Waals surface area (Å²) in [5.74, 6) is 0.964. The number of piperidine rings is 1. The molecular weight excluding hydrogens is 232 g/mol. The molecule has 1 N–H and O–H groups in total. The van der Waals surface area contributed by atoms with Gasteiger partial charge in [-0.1, -0.05) is 12.5 Å². The van der Waals surface area contributed by atoms with Crippen LogP contribution < -0.4 is 10.2 Å². The van der Waals surface area contributed by atoms with Gasteiger partial charge < -0.3 is 10.2 Å². The van der Waals surface area contributed by atoms with Crippen molar-refractivity contribution in [1.29, 1.82) is 0 Å². The molecule has 0 amide bonds. The van der Waals surface area contributed by atoms with E-state index in [-0.39, 0.29) is 0 Å². The van der Waals surface area contributed by atoms with Gasteiger partial charge in [0.15, 0.2) is 0 Å². The van der Waals surface area contributed by atoms with Gasteiger partial charge in [-0.2, -0.15) is 0 Å². The van der Waals surface area contributed by atoms with Crippen molar-refractivity contribution in [2.75, 3.05) is 18.5 Å². The SMILES string of the molecule is CNCc1ccc(N2CCCC3CCCC32)cc1C. The van der Waals surface area contributed by atoms with Crippen molar-refractivity contribution in [3.63, 3.8) is 0 Å². The summed E-state index contributed by atoms with van der Waals surface area (Å²) in [6.07, 6.45) is 7.12. The Morgan fingerprint density at radius 2 is 2.05 bits per heavy atom. The summed E-state index contributed by atoms with van der Waals surface area (Å²) < 4.78 is 0. The summed E-state index contributed by atoms with van der Waals surface area (Å²) in [4.78, 5) is 2.69. The van der Waals surface area contributed by atoms with Crippen molar-refractivity contribution in [2.45, 2.75) is 51.6 Å². The molecule has 0 spiro atoms. The zero-order valence-corrected chi connectivity index (χ0v) is 12.3. The van der Waals surface area contributed by atoms with Gasteiger partial charge in [-0.05, 0) is 68.8 Å². The van der Waals surface area contributed by atoms with E-state index in [9.17, 15) is 0 Å². The van der Waals surface area contributed by atoms with Crippen LogP contribution >= 0.6 is 0 Å². The minimum Gasteiger partial charge on any atom is -0.368 e. The zero-order valence-electron chi connectivity index (χ0n) is 12.3. The molecule has 2 nitrogen and oxygen atoms in total. The second kappa shape index (κ2) is 5.54. The largest absolute Gasteiger partial charge is 0.368 e. The lowest BCUT2D eigenvalue weighted by Crippen LogP contribution is -2.42. The van der Waals surface area contributed by atoms with E-state index in [2.05, 4.69) is 35.3 Å². The Bertz CT molecular complexity index is 441. The Balaban J connectivity index is 1.83. The van der Waals surface area contributed by atoms with Crippen molar-refractivity contribution in [2.24, 2.45) is 5.92 Å². The molecule has 1 aromatic carbocycles. The molecule has 2 heteroatoms. The number of fused-ring (bicyclic) bond motifs is 1. The number of benzene rings is 1. The van der Waals surface area contributed by atoms with Crippen LogP contribution in [0.15, 0.2) is 18.2 Å². The molecule has 1 aliphatic carbocycles. The molecular formula is C17H26N2. The normalized spacial score (nSPS) is 26.5. The molecule has 0 bridgehead atoms. The maximum atomic E-state index is 3.25. The number of nitrogens with zero attached hydrogens (tertiary/aromatic N) is 1. The van der Waals surface area contributed by atoms with E-state index in [1.165, 1.54) is 55.5 Å². The number of rotatable bonds is 3. The second-order valence-electron chi connectivity index (χ2n) is 6.24. The van der Waals surface area contributed by atoms with E-state index in [1.807, 2.05) is 7.05 Å². The number of hydrogen-bond donors (Lipinski definition) is 1. The van der Waals surface area contributed by atoms with Crippen molar-refractivity contribution in [1.82, 2.24) is 5.32 Å². The van der Waals surface area contributed by atoms with E-state index in [0.29, 0.717) is 0 Å². The molecule has 104 valence electrons. The maximum Gasteiger partial charge on any atom is 0.0371 e. The van der Waals surface area contributed by atoms with Crippen molar-refractivity contribution >= 4 is 5.69 Å². The van der Waals surface area contributed by atoms with Crippen LogP contribution in [-0.4, -0.2) is 19.6 Å². The fourth-order valence-corrected chi connectivity index (χ4v) is 4.02. The molecule has 1 heterocycles. The van der Waals surface area contributed by atoms with Gasteiger partial charge in [-0.25, -0.2) is 0 Å². The van der Waals surface area contributed by atoms with Crippen LogP contribution in [0.25, 0.3) is 0 Å². The molecule has 1 saturated heterocycles. The predicted octanol–water partition coefficient (Wildman–Crippen LogP) is 3.48. The van der Waals surface area contributed by atoms with Gasteiger partial charge in [0, 0.05) is 24.8 Å². The van der Waals surface area contributed by atoms with E-state index < -0.39 is 0 Å². The van der Waals surface area contributed by atoms with Gasteiger partial charge in [0.25, 0.3) is 0 Å². The summed E-state index contributed by atoms with van der Waals surface area (Å²) in [5.41, 5.74) is 4.30. The highest BCUT2D eigenvalue weighted by Gasteiger charge is 2.34.